The van der Waals surface area contributed by atoms with E-state index in [9.17, 15) is 4.79 Å². The van der Waals surface area contributed by atoms with Crippen LogP contribution in [0, 0.1) is 26.2 Å². The number of amides is 1. The maximum atomic E-state index is 12.2. The summed E-state index contributed by atoms with van der Waals surface area (Å²) >= 11 is 0. The van der Waals surface area contributed by atoms with Gasteiger partial charge in [-0.25, -0.2) is 5.43 Å². The van der Waals surface area contributed by atoms with E-state index in [-0.39, 0.29) is 5.91 Å². The standard InChI is InChI=1S/C22H21N3O/c1-4-11-25-15-19(20-7-5-6-8-21(20)25)14-23-24-22(26)13-18-12-16(2)9-10-17(18)3/h1,5-10,12,14-15H,11,13H2,2-3H3,(H,24,26)/b23-14-. The Kier molecular flexibility index (Phi) is 5.19. The van der Waals surface area contributed by atoms with Crippen molar-refractivity contribution in [1.82, 2.24) is 9.99 Å². The Hall–Kier alpha value is -3.32. The fraction of sp³-hybridized carbons (Fsp3) is 0.182. The number of nitrogens with one attached hydrogen (secondary N) is 1. The van der Waals surface area contributed by atoms with E-state index in [0.717, 1.165) is 33.2 Å². The first-order chi connectivity index (χ1) is 12.6. The maximum absolute atomic E-state index is 12.2. The molecule has 1 aromatic heterocycles. The van der Waals surface area contributed by atoms with Crippen LogP contribution < -0.4 is 5.43 Å². The zero-order valence-corrected chi connectivity index (χ0v) is 15.0. The smallest absolute Gasteiger partial charge is 0.244 e. The second-order valence-electron chi connectivity index (χ2n) is 6.33. The summed E-state index contributed by atoms with van der Waals surface area (Å²) in [7, 11) is 0. The van der Waals surface area contributed by atoms with Gasteiger partial charge in [-0.15, -0.1) is 6.42 Å². The highest BCUT2D eigenvalue weighted by Crippen LogP contribution is 2.19. The highest BCUT2D eigenvalue weighted by atomic mass is 16.2. The summed E-state index contributed by atoms with van der Waals surface area (Å²) in [6.07, 6.45) is 9.36. The Morgan fingerprint density at radius 3 is 2.88 bits per heavy atom. The molecular formula is C22H21N3O. The molecule has 4 heteroatoms. The van der Waals surface area contributed by atoms with Crippen molar-refractivity contribution in [2.45, 2.75) is 26.8 Å². The van der Waals surface area contributed by atoms with E-state index in [1.54, 1.807) is 6.21 Å². The number of rotatable bonds is 5. The second kappa shape index (κ2) is 7.71. The molecule has 0 aliphatic rings. The van der Waals surface area contributed by atoms with Crippen molar-refractivity contribution in [3.8, 4) is 12.3 Å². The zero-order valence-electron chi connectivity index (χ0n) is 15.0. The molecule has 3 rings (SSSR count). The molecule has 130 valence electrons. The lowest BCUT2D eigenvalue weighted by atomic mass is 10.0. The van der Waals surface area contributed by atoms with Crippen LogP contribution in [0.5, 0.6) is 0 Å². The molecule has 4 nitrogen and oxygen atoms in total. The van der Waals surface area contributed by atoms with Crippen LogP contribution in [0.2, 0.25) is 0 Å². The number of aromatic nitrogens is 1. The molecular weight excluding hydrogens is 322 g/mol. The number of nitrogens with zero attached hydrogens (tertiary/aromatic N) is 2. The summed E-state index contributed by atoms with van der Waals surface area (Å²) < 4.78 is 1.99. The fourth-order valence-electron chi connectivity index (χ4n) is 2.98. The average molecular weight is 343 g/mol. The van der Waals surface area contributed by atoms with Crippen molar-refractivity contribution in [3.63, 3.8) is 0 Å². The van der Waals surface area contributed by atoms with Gasteiger partial charge in [0.05, 0.1) is 19.2 Å². The van der Waals surface area contributed by atoms with Gasteiger partial charge in [-0.3, -0.25) is 4.79 Å². The van der Waals surface area contributed by atoms with Crippen molar-refractivity contribution < 1.29 is 4.79 Å². The van der Waals surface area contributed by atoms with E-state index in [2.05, 4.69) is 16.4 Å². The highest BCUT2D eigenvalue weighted by molar-refractivity contribution is 5.99. The third-order valence-electron chi connectivity index (χ3n) is 4.33. The molecule has 0 aliphatic carbocycles. The first-order valence-corrected chi connectivity index (χ1v) is 8.48. The summed E-state index contributed by atoms with van der Waals surface area (Å²) in [5, 5.41) is 5.18. The Bertz CT molecular complexity index is 1020. The van der Waals surface area contributed by atoms with Gasteiger partial charge in [-0.1, -0.05) is 47.9 Å². The molecule has 0 spiro atoms. The molecule has 2 aromatic carbocycles. The summed E-state index contributed by atoms with van der Waals surface area (Å²) in [5.41, 5.74) is 7.84. The third-order valence-corrected chi connectivity index (χ3v) is 4.33. The van der Waals surface area contributed by atoms with Gasteiger partial charge in [0.15, 0.2) is 0 Å². The van der Waals surface area contributed by atoms with Gasteiger partial charge < -0.3 is 4.57 Å². The molecule has 3 aromatic rings. The van der Waals surface area contributed by atoms with Crippen LogP contribution in [0.1, 0.15) is 22.3 Å². The number of fused-ring (bicyclic) bond motifs is 1. The molecule has 0 unspecified atom stereocenters. The number of hydrogen-bond acceptors (Lipinski definition) is 2. The predicted molar refractivity (Wildman–Crippen MR) is 106 cm³/mol. The van der Waals surface area contributed by atoms with Gasteiger partial charge in [0.1, 0.15) is 0 Å². The van der Waals surface area contributed by atoms with Crippen molar-refractivity contribution in [1.29, 1.82) is 0 Å². The van der Waals surface area contributed by atoms with E-state index in [4.69, 9.17) is 6.42 Å². The number of hydrazone groups is 1. The van der Waals surface area contributed by atoms with Crippen molar-refractivity contribution in [3.05, 3.63) is 70.9 Å². The number of aryl methyl sites for hydroxylation is 2. The third kappa shape index (κ3) is 3.84. The van der Waals surface area contributed by atoms with E-state index in [1.807, 2.05) is 67.1 Å². The fourth-order valence-corrected chi connectivity index (χ4v) is 2.98. The average Bonchev–Trinajstić information content (AvgIpc) is 2.97. The van der Waals surface area contributed by atoms with Gasteiger partial charge >= 0.3 is 0 Å². The molecule has 0 aliphatic heterocycles. The Morgan fingerprint density at radius 2 is 2.08 bits per heavy atom. The predicted octanol–water partition coefficient (Wildman–Crippen LogP) is 3.58. The Labute approximate surface area is 153 Å². The Morgan fingerprint density at radius 1 is 1.27 bits per heavy atom. The normalized spacial score (nSPS) is 11.0. The molecule has 26 heavy (non-hydrogen) atoms. The summed E-state index contributed by atoms with van der Waals surface area (Å²) in [6.45, 7) is 4.52. The molecule has 0 radical (unpaired) electrons. The number of para-hydroxylation sites is 1. The summed E-state index contributed by atoms with van der Waals surface area (Å²) in [4.78, 5) is 12.2. The van der Waals surface area contributed by atoms with Crippen LogP contribution >= 0.6 is 0 Å². The van der Waals surface area contributed by atoms with Crippen LogP contribution in [0.3, 0.4) is 0 Å². The quantitative estimate of drug-likeness (QED) is 0.430. The minimum absolute atomic E-state index is 0.137. The van der Waals surface area contributed by atoms with Crippen LogP contribution in [-0.2, 0) is 17.8 Å². The van der Waals surface area contributed by atoms with Gasteiger partial charge in [0, 0.05) is 22.7 Å². The molecule has 0 bridgehead atoms. The summed E-state index contributed by atoms with van der Waals surface area (Å²) in [5.74, 6) is 2.51. The van der Waals surface area contributed by atoms with Gasteiger partial charge in [0.2, 0.25) is 5.91 Å². The van der Waals surface area contributed by atoms with Crippen LogP contribution in [0.25, 0.3) is 10.9 Å². The minimum atomic E-state index is -0.137. The van der Waals surface area contributed by atoms with E-state index in [1.165, 1.54) is 0 Å². The number of terminal acetylenes is 1. The first-order valence-electron chi connectivity index (χ1n) is 8.48. The minimum Gasteiger partial charge on any atom is -0.335 e. The molecule has 0 atom stereocenters. The van der Waals surface area contributed by atoms with E-state index < -0.39 is 0 Å². The largest absolute Gasteiger partial charge is 0.335 e. The van der Waals surface area contributed by atoms with Crippen LogP contribution in [0.15, 0.2) is 53.8 Å². The first kappa shape index (κ1) is 17.5. The van der Waals surface area contributed by atoms with E-state index >= 15 is 0 Å². The number of carbonyl (C=O) groups excluding carboxylic acids is 1. The second-order valence-corrected chi connectivity index (χ2v) is 6.33. The number of hydrogen-bond donors (Lipinski definition) is 1. The monoisotopic (exact) mass is 343 g/mol. The van der Waals surface area contributed by atoms with Crippen molar-refractivity contribution in [2.75, 3.05) is 0 Å². The van der Waals surface area contributed by atoms with Gasteiger partial charge in [-0.2, -0.15) is 5.10 Å². The SMILES string of the molecule is C#CCn1cc(/C=N\NC(=O)Cc2cc(C)ccc2C)c2ccccc21. The van der Waals surface area contributed by atoms with Gasteiger partial charge in [0.25, 0.3) is 0 Å². The topological polar surface area (TPSA) is 46.4 Å². The van der Waals surface area contributed by atoms with Crippen molar-refractivity contribution >= 4 is 23.0 Å². The van der Waals surface area contributed by atoms with E-state index in [0.29, 0.717) is 13.0 Å². The molecule has 0 saturated carbocycles. The Balaban J connectivity index is 1.72. The summed E-state index contributed by atoms with van der Waals surface area (Å²) in [6, 6.07) is 14.1. The zero-order chi connectivity index (χ0) is 18.5. The lowest BCUT2D eigenvalue weighted by molar-refractivity contribution is -0.120. The van der Waals surface area contributed by atoms with Crippen LogP contribution in [0.4, 0.5) is 0 Å². The maximum Gasteiger partial charge on any atom is 0.244 e. The lowest BCUT2D eigenvalue weighted by Crippen LogP contribution is -2.20. The number of benzene rings is 2. The molecule has 1 amide bonds. The van der Waals surface area contributed by atoms with Crippen molar-refractivity contribution in [2.24, 2.45) is 5.10 Å². The van der Waals surface area contributed by atoms with Crippen LogP contribution in [-0.4, -0.2) is 16.7 Å². The number of carbonyl (C=O) groups is 1. The molecule has 0 saturated heterocycles. The van der Waals surface area contributed by atoms with Gasteiger partial charge in [-0.05, 0) is 31.0 Å². The molecule has 0 fully saturated rings. The lowest BCUT2D eigenvalue weighted by Gasteiger charge is -2.05. The molecule has 1 heterocycles. The molecule has 1 N–H and O–H groups in total. The highest BCUT2D eigenvalue weighted by Gasteiger charge is 2.07.